The summed E-state index contributed by atoms with van der Waals surface area (Å²) in [4.78, 5) is 31.2. The van der Waals surface area contributed by atoms with E-state index in [4.69, 9.17) is 5.73 Å². The van der Waals surface area contributed by atoms with Crippen molar-refractivity contribution in [1.82, 2.24) is 9.88 Å². The van der Waals surface area contributed by atoms with Crippen LogP contribution in [0.5, 0.6) is 0 Å². The number of nitrogens with one attached hydrogen (secondary N) is 1. The lowest BCUT2D eigenvalue weighted by atomic mass is 9.86. The van der Waals surface area contributed by atoms with E-state index in [-0.39, 0.29) is 17.2 Å². The van der Waals surface area contributed by atoms with E-state index in [0.29, 0.717) is 28.7 Å². The Bertz CT molecular complexity index is 829. The fourth-order valence-corrected chi connectivity index (χ4v) is 4.00. The van der Waals surface area contributed by atoms with Crippen LogP contribution in [0.4, 0.5) is 11.5 Å². The van der Waals surface area contributed by atoms with Gasteiger partial charge in [0.1, 0.15) is 11.9 Å². The first-order chi connectivity index (χ1) is 12.8. The number of amides is 2. The van der Waals surface area contributed by atoms with Crippen LogP contribution in [-0.2, 0) is 10.2 Å². The molecular weight excluding hydrogens is 360 g/mol. The quantitative estimate of drug-likeness (QED) is 0.849. The number of nitrogens with two attached hydrogens (primary N) is 1. The summed E-state index contributed by atoms with van der Waals surface area (Å²) in [6, 6.07) is 10.4. The van der Waals surface area contributed by atoms with Crippen LogP contribution in [0.1, 0.15) is 36.7 Å². The van der Waals surface area contributed by atoms with Gasteiger partial charge in [-0.1, -0.05) is 32.9 Å². The summed E-state index contributed by atoms with van der Waals surface area (Å²) >= 11 is 1.57. The van der Waals surface area contributed by atoms with E-state index in [2.05, 4.69) is 31.1 Å². The average Bonchev–Trinajstić information content (AvgIpc) is 3.12. The Balaban J connectivity index is 1.72. The molecule has 27 heavy (non-hydrogen) atoms. The summed E-state index contributed by atoms with van der Waals surface area (Å²) in [7, 11) is 0. The SMILES string of the molecule is CC(C)(C)c1ccc(C(=O)N2CSCC2C(=O)Nc2ccc(N)nc2)cc1. The lowest BCUT2D eigenvalue weighted by Gasteiger charge is -2.24. The summed E-state index contributed by atoms with van der Waals surface area (Å²) < 4.78 is 0. The van der Waals surface area contributed by atoms with Crippen LogP contribution < -0.4 is 11.1 Å². The highest BCUT2D eigenvalue weighted by Gasteiger charge is 2.35. The molecule has 1 atom stereocenters. The van der Waals surface area contributed by atoms with Gasteiger partial charge in [0, 0.05) is 11.3 Å². The van der Waals surface area contributed by atoms with Gasteiger partial charge >= 0.3 is 0 Å². The van der Waals surface area contributed by atoms with Crippen LogP contribution in [0, 0.1) is 0 Å². The molecule has 3 rings (SSSR count). The van der Waals surface area contributed by atoms with Crippen molar-refractivity contribution in [3.8, 4) is 0 Å². The Labute approximate surface area is 163 Å². The van der Waals surface area contributed by atoms with Gasteiger partial charge in [0.2, 0.25) is 5.91 Å². The molecule has 0 aliphatic carbocycles. The second kappa shape index (κ2) is 7.60. The zero-order chi connectivity index (χ0) is 19.6. The van der Waals surface area contributed by atoms with E-state index in [1.807, 2.05) is 24.3 Å². The van der Waals surface area contributed by atoms with Crippen LogP contribution in [0.15, 0.2) is 42.6 Å². The third-order valence-corrected chi connectivity index (χ3v) is 5.51. The first kappa shape index (κ1) is 19.2. The van der Waals surface area contributed by atoms with Crippen LogP contribution in [0.3, 0.4) is 0 Å². The number of hydrogen-bond donors (Lipinski definition) is 2. The Morgan fingerprint density at radius 1 is 1.19 bits per heavy atom. The highest BCUT2D eigenvalue weighted by molar-refractivity contribution is 7.99. The smallest absolute Gasteiger partial charge is 0.255 e. The summed E-state index contributed by atoms with van der Waals surface area (Å²) in [6.45, 7) is 6.40. The average molecular weight is 385 g/mol. The summed E-state index contributed by atoms with van der Waals surface area (Å²) in [6.07, 6.45) is 1.51. The maximum atomic E-state index is 12.9. The van der Waals surface area contributed by atoms with E-state index in [9.17, 15) is 9.59 Å². The second-order valence-corrected chi connectivity index (χ2v) is 8.58. The summed E-state index contributed by atoms with van der Waals surface area (Å²) in [5.74, 6) is 1.11. The minimum absolute atomic E-state index is 0.0284. The molecule has 6 nitrogen and oxygen atoms in total. The van der Waals surface area contributed by atoms with Gasteiger partial charge < -0.3 is 16.0 Å². The molecule has 1 saturated heterocycles. The standard InChI is InChI=1S/C20H24N4O2S/c1-20(2,3)14-6-4-13(5-7-14)19(26)24-12-27-11-16(24)18(25)23-15-8-9-17(21)22-10-15/h4-10,16H,11-12H2,1-3H3,(H2,21,22)(H,23,25). The fraction of sp³-hybridized carbons (Fsp3) is 0.350. The summed E-state index contributed by atoms with van der Waals surface area (Å²) in [5.41, 5.74) is 7.92. The number of benzene rings is 1. The topological polar surface area (TPSA) is 88.3 Å². The number of anilines is 2. The van der Waals surface area contributed by atoms with E-state index < -0.39 is 6.04 Å². The maximum Gasteiger partial charge on any atom is 0.255 e. The number of pyridine rings is 1. The Kier molecular flexibility index (Phi) is 5.41. The minimum atomic E-state index is -0.512. The van der Waals surface area contributed by atoms with Crippen LogP contribution in [-0.4, -0.2) is 39.4 Å². The minimum Gasteiger partial charge on any atom is -0.384 e. The molecular formula is C20H24N4O2S. The maximum absolute atomic E-state index is 12.9. The first-order valence-corrected chi connectivity index (χ1v) is 9.93. The molecule has 1 aliphatic heterocycles. The van der Waals surface area contributed by atoms with Gasteiger partial charge in [0.25, 0.3) is 5.91 Å². The highest BCUT2D eigenvalue weighted by atomic mass is 32.2. The molecule has 1 aliphatic rings. The van der Waals surface area contributed by atoms with Crippen molar-refractivity contribution < 1.29 is 9.59 Å². The lowest BCUT2D eigenvalue weighted by molar-refractivity contribution is -0.119. The van der Waals surface area contributed by atoms with Crippen molar-refractivity contribution in [3.05, 3.63) is 53.7 Å². The zero-order valence-electron chi connectivity index (χ0n) is 15.7. The number of carbonyl (C=O) groups is 2. The predicted octanol–water partition coefficient (Wildman–Crippen LogP) is 3.12. The van der Waals surface area contributed by atoms with Crippen molar-refractivity contribution in [2.75, 3.05) is 22.7 Å². The zero-order valence-corrected chi connectivity index (χ0v) is 16.5. The van der Waals surface area contributed by atoms with Crippen molar-refractivity contribution >= 4 is 35.1 Å². The second-order valence-electron chi connectivity index (χ2n) is 7.58. The molecule has 0 radical (unpaired) electrons. The van der Waals surface area contributed by atoms with Crippen molar-refractivity contribution in [2.45, 2.75) is 32.2 Å². The number of rotatable bonds is 3. The van der Waals surface area contributed by atoms with Gasteiger partial charge in [-0.25, -0.2) is 4.98 Å². The first-order valence-electron chi connectivity index (χ1n) is 8.77. The van der Waals surface area contributed by atoms with Crippen LogP contribution in [0.25, 0.3) is 0 Å². The normalized spacial score (nSPS) is 17.0. The molecule has 1 aromatic carbocycles. The van der Waals surface area contributed by atoms with Gasteiger partial charge in [-0.15, -0.1) is 11.8 Å². The Morgan fingerprint density at radius 2 is 1.89 bits per heavy atom. The van der Waals surface area contributed by atoms with Crippen molar-refractivity contribution in [2.24, 2.45) is 0 Å². The van der Waals surface area contributed by atoms with E-state index in [1.165, 1.54) is 11.8 Å². The van der Waals surface area contributed by atoms with Crippen molar-refractivity contribution in [1.29, 1.82) is 0 Å². The van der Waals surface area contributed by atoms with Crippen LogP contribution in [0.2, 0.25) is 0 Å². The van der Waals surface area contributed by atoms with E-state index >= 15 is 0 Å². The molecule has 0 bridgehead atoms. The molecule has 2 heterocycles. The summed E-state index contributed by atoms with van der Waals surface area (Å²) in [5, 5.41) is 2.81. The highest BCUT2D eigenvalue weighted by Crippen LogP contribution is 2.26. The largest absolute Gasteiger partial charge is 0.384 e. The third kappa shape index (κ3) is 4.42. The monoisotopic (exact) mass is 384 g/mol. The fourth-order valence-electron chi connectivity index (χ4n) is 2.84. The molecule has 1 aromatic heterocycles. The molecule has 2 aromatic rings. The number of nitrogens with zero attached hydrogens (tertiary/aromatic N) is 2. The van der Waals surface area contributed by atoms with Gasteiger partial charge in [-0.05, 0) is 35.2 Å². The Morgan fingerprint density at radius 3 is 2.48 bits per heavy atom. The Hall–Kier alpha value is -2.54. The number of thioether (sulfide) groups is 1. The van der Waals surface area contributed by atoms with Gasteiger partial charge in [-0.3, -0.25) is 9.59 Å². The third-order valence-electron chi connectivity index (χ3n) is 4.50. The van der Waals surface area contributed by atoms with Crippen LogP contribution >= 0.6 is 11.8 Å². The number of carbonyl (C=O) groups excluding carboxylic acids is 2. The molecule has 1 unspecified atom stereocenters. The number of aromatic nitrogens is 1. The van der Waals surface area contributed by atoms with Gasteiger partial charge in [-0.2, -0.15) is 0 Å². The molecule has 0 saturated carbocycles. The molecule has 142 valence electrons. The predicted molar refractivity (Wildman–Crippen MR) is 110 cm³/mol. The lowest BCUT2D eigenvalue weighted by Crippen LogP contribution is -2.44. The van der Waals surface area contributed by atoms with Gasteiger partial charge in [0.05, 0.1) is 17.8 Å². The van der Waals surface area contributed by atoms with Crippen molar-refractivity contribution in [3.63, 3.8) is 0 Å². The van der Waals surface area contributed by atoms with Gasteiger partial charge in [0.15, 0.2) is 0 Å². The molecule has 0 spiro atoms. The molecule has 1 fully saturated rings. The van der Waals surface area contributed by atoms with E-state index in [0.717, 1.165) is 0 Å². The van der Waals surface area contributed by atoms with E-state index in [1.54, 1.807) is 28.8 Å². The molecule has 2 amide bonds. The molecule has 7 heteroatoms. The number of hydrogen-bond acceptors (Lipinski definition) is 5. The number of nitrogen functional groups attached to an aromatic ring is 1. The molecule has 3 N–H and O–H groups in total.